The summed E-state index contributed by atoms with van der Waals surface area (Å²) in [7, 11) is 1.98. The predicted molar refractivity (Wildman–Crippen MR) is 53.9 cm³/mol. The Labute approximate surface area is 82.5 Å². The summed E-state index contributed by atoms with van der Waals surface area (Å²) in [4.78, 5) is 4.37. The first-order valence-corrected chi connectivity index (χ1v) is 4.74. The van der Waals surface area contributed by atoms with Crippen LogP contribution in [-0.4, -0.2) is 19.2 Å². The van der Waals surface area contributed by atoms with Gasteiger partial charge in [-0.05, 0) is 0 Å². The van der Waals surface area contributed by atoms with Gasteiger partial charge >= 0.3 is 0 Å². The van der Waals surface area contributed by atoms with Crippen molar-refractivity contribution in [2.45, 2.75) is 26.3 Å². The molecule has 76 valence electrons. The number of hydrogen-bond donors (Lipinski definition) is 1. The summed E-state index contributed by atoms with van der Waals surface area (Å²) in [5, 5.41) is 4.44. The topological polar surface area (TPSA) is 61.1 Å². The second kappa shape index (κ2) is 3.09. The molecule has 0 unspecified atom stereocenters. The van der Waals surface area contributed by atoms with E-state index in [2.05, 4.69) is 23.9 Å². The SMILES string of the molecule is CC(C)c1nn2cc(CN)nc2n1C. The number of fused-ring (bicyclic) bond motifs is 1. The molecule has 0 saturated carbocycles. The molecule has 14 heavy (non-hydrogen) atoms. The first-order chi connectivity index (χ1) is 6.63. The van der Waals surface area contributed by atoms with E-state index in [1.807, 2.05) is 17.8 Å². The Bertz CT molecular complexity index is 451. The van der Waals surface area contributed by atoms with Gasteiger partial charge in [0.15, 0.2) is 0 Å². The van der Waals surface area contributed by atoms with Crippen molar-refractivity contribution in [3.8, 4) is 0 Å². The minimum Gasteiger partial charge on any atom is -0.325 e. The molecule has 0 aromatic carbocycles. The number of aryl methyl sites for hydroxylation is 1. The van der Waals surface area contributed by atoms with Crippen LogP contribution >= 0.6 is 0 Å². The first-order valence-electron chi connectivity index (χ1n) is 4.74. The zero-order valence-electron chi connectivity index (χ0n) is 8.73. The van der Waals surface area contributed by atoms with Crippen molar-refractivity contribution < 1.29 is 0 Å². The van der Waals surface area contributed by atoms with Gasteiger partial charge < -0.3 is 5.73 Å². The van der Waals surface area contributed by atoms with Crippen molar-refractivity contribution in [3.05, 3.63) is 17.7 Å². The average molecular weight is 193 g/mol. The van der Waals surface area contributed by atoms with Crippen LogP contribution in [0.15, 0.2) is 6.20 Å². The lowest BCUT2D eigenvalue weighted by Gasteiger charge is -2.02. The molecule has 5 nitrogen and oxygen atoms in total. The van der Waals surface area contributed by atoms with Gasteiger partial charge in [0.25, 0.3) is 0 Å². The summed E-state index contributed by atoms with van der Waals surface area (Å²) in [6, 6.07) is 0. The van der Waals surface area contributed by atoms with Crippen molar-refractivity contribution >= 4 is 5.78 Å². The van der Waals surface area contributed by atoms with E-state index >= 15 is 0 Å². The van der Waals surface area contributed by atoms with Gasteiger partial charge in [0.05, 0.1) is 11.9 Å². The molecule has 2 N–H and O–H groups in total. The van der Waals surface area contributed by atoms with Gasteiger partial charge in [-0.15, -0.1) is 0 Å². The highest BCUT2D eigenvalue weighted by atomic mass is 15.4. The number of nitrogens with zero attached hydrogens (tertiary/aromatic N) is 4. The third-order valence-electron chi connectivity index (χ3n) is 2.30. The Morgan fingerprint density at radius 1 is 1.50 bits per heavy atom. The molecule has 0 aliphatic carbocycles. The van der Waals surface area contributed by atoms with Crippen molar-refractivity contribution in [1.82, 2.24) is 19.2 Å². The lowest BCUT2D eigenvalue weighted by atomic mass is 10.2. The lowest BCUT2D eigenvalue weighted by molar-refractivity contribution is 0.706. The Hall–Kier alpha value is -1.36. The summed E-state index contributed by atoms with van der Waals surface area (Å²) in [5.74, 6) is 2.30. The third kappa shape index (κ3) is 1.21. The number of nitrogens with two attached hydrogens (primary N) is 1. The predicted octanol–water partition coefficient (Wildman–Crippen LogP) is 0.650. The van der Waals surface area contributed by atoms with Crippen LogP contribution < -0.4 is 5.73 Å². The molecule has 0 saturated heterocycles. The normalized spacial score (nSPS) is 11.8. The van der Waals surface area contributed by atoms with Crippen molar-refractivity contribution in [3.63, 3.8) is 0 Å². The number of hydrogen-bond acceptors (Lipinski definition) is 3. The summed E-state index contributed by atoms with van der Waals surface area (Å²) in [6.07, 6.45) is 1.88. The number of aromatic nitrogens is 4. The van der Waals surface area contributed by atoms with Crippen LogP contribution in [0.1, 0.15) is 31.3 Å². The van der Waals surface area contributed by atoms with Gasteiger partial charge in [0, 0.05) is 19.5 Å². The van der Waals surface area contributed by atoms with Crippen molar-refractivity contribution in [2.24, 2.45) is 12.8 Å². The zero-order chi connectivity index (χ0) is 10.3. The van der Waals surface area contributed by atoms with Gasteiger partial charge in [-0.2, -0.15) is 5.10 Å². The molecule has 2 rings (SSSR count). The van der Waals surface area contributed by atoms with Gasteiger partial charge in [-0.25, -0.2) is 9.50 Å². The molecule has 0 aliphatic heterocycles. The maximum absolute atomic E-state index is 5.51. The van der Waals surface area contributed by atoms with Crippen LogP contribution in [-0.2, 0) is 13.6 Å². The molecule has 0 amide bonds. The molecule has 2 aromatic rings. The molecular weight excluding hydrogens is 178 g/mol. The summed E-state index contributed by atoms with van der Waals surface area (Å²) in [5.41, 5.74) is 6.38. The quantitative estimate of drug-likeness (QED) is 0.761. The van der Waals surface area contributed by atoms with E-state index in [4.69, 9.17) is 5.73 Å². The first kappa shape index (κ1) is 9.21. The summed E-state index contributed by atoms with van der Waals surface area (Å²) < 4.78 is 3.79. The molecule has 5 heteroatoms. The molecule has 0 bridgehead atoms. The smallest absolute Gasteiger partial charge is 0.232 e. The van der Waals surface area contributed by atoms with Crippen LogP contribution in [0.4, 0.5) is 0 Å². The number of imidazole rings is 1. The standard InChI is InChI=1S/C9H15N5/c1-6(2)8-12-14-5-7(4-10)11-9(14)13(8)3/h5-6H,4,10H2,1-3H3. The molecule has 0 radical (unpaired) electrons. The molecule has 2 aromatic heterocycles. The lowest BCUT2D eigenvalue weighted by Crippen LogP contribution is -2.02. The van der Waals surface area contributed by atoms with Crippen molar-refractivity contribution in [1.29, 1.82) is 0 Å². The van der Waals surface area contributed by atoms with Gasteiger partial charge in [-0.1, -0.05) is 13.8 Å². The van der Waals surface area contributed by atoms with E-state index in [-0.39, 0.29) is 0 Å². The highest BCUT2D eigenvalue weighted by Crippen LogP contribution is 2.14. The highest BCUT2D eigenvalue weighted by Gasteiger charge is 2.12. The fourth-order valence-electron chi connectivity index (χ4n) is 1.59. The molecule has 0 atom stereocenters. The Balaban J connectivity index is 2.60. The van der Waals surface area contributed by atoms with E-state index in [0.29, 0.717) is 12.5 Å². The Morgan fingerprint density at radius 3 is 2.71 bits per heavy atom. The molecule has 0 spiro atoms. The maximum atomic E-state index is 5.51. The Kier molecular flexibility index (Phi) is 2.03. The fraction of sp³-hybridized carbons (Fsp3) is 0.556. The average Bonchev–Trinajstić information content (AvgIpc) is 2.65. The van der Waals surface area contributed by atoms with Crippen LogP contribution in [0.25, 0.3) is 5.78 Å². The van der Waals surface area contributed by atoms with Gasteiger partial charge in [0.2, 0.25) is 5.78 Å². The minimum absolute atomic E-state index is 0.406. The van der Waals surface area contributed by atoms with E-state index in [1.54, 1.807) is 4.52 Å². The fourth-order valence-corrected chi connectivity index (χ4v) is 1.59. The second-order valence-electron chi connectivity index (χ2n) is 3.75. The third-order valence-corrected chi connectivity index (χ3v) is 2.30. The number of rotatable bonds is 2. The second-order valence-corrected chi connectivity index (χ2v) is 3.75. The van der Waals surface area contributed by atoms with E-state index in [0.717, 1.165) is 17.3 Å². The van der Waals surface area contributed by atoms with E-state index < -0.39 is 0 Å². The largest absolute Gasteiger partial charge is 0.325 e. The van der Waals surface area contributed by atoms with Crippen LogP contribution in [0.3, 0.4) is 0 Å². The summed E-state index contributed by atoms with van der Waals surface area (Å²) >= 11 is 0. The van der Waals surface area contributed by atoms with E-state index in [9.17, 15) is 0 Å². The van der Waals surface area contributed by atoms with E-state index in [1.165, 1.54) is 0 Å². The van der Waals surface area contributed by atoms with Crippen LogP contribution in [0.5, 0.6) is 0 Å². The monoisotopic (exact) mass is 193 g/mol. The molecule has 0 fully saturated rings. The Morgan fingerprint density at radius 2 is 2.21 bits per heavy atom. The molecule has 0 aliphatic rings. The maximum Gasteiger partial charge on any atom is 0.232 e. The van der Waals surface area contributed by atoms with Crippen LogP contribution in [0.2, 0.25) is 0 Å². The molecule has 2 heterocycles. The summed E-state index contributed by atoms with van der Waals surface area (Å²) in [6.45, 7) is 4.69. The van der Waals surface area contributed by atoms with Gasteiger partial charge in [-0.3, -0.25) is 4.57 Å². The minimum atomic E-state index is 0.406. The highest BCUT2D eigenvalue weighted by molar-refractivity contribution is 5.32. The molecular formula is C9H15N5. The zero-order valence-corrected chi connectivity index (χ0v) is 8.73. The van der Waals surface area contributed by atoms with Gasteiger partial charge in [0.1, 0.15) is 5.82 Å². The van der Waals surface area contributed by atoms with Crippen LogP contribution in [0, 0.1) is 0 Å². The van der Waals surface area contributed by atoms with Crippen molar-refractivity contribution in [2.75, 3.05) is 0 Å².